The summed E-state index contributed by atoms with van der Waals surface area (Å²) in [6, 6.07) is 3.09. The van der Waals surface area contributed by atoms with Gasteiger partial charge >= 0.3 is 0 Å². The maximum Gasteiger partial charge on any atom is 0.241 e. The van der Waals surface area contributed by atoms with Crippen molar-refractivity contribution in [3.63, 3.8) is 0 Å². The first-order valence-corrected chi connectivity index (χ1v) is 7.80. The number of rotatable bonds is 6. The zero-order chi connectivity index (χ0) is 14.6. The molecule has 108 valence electrons. The minimum Gasteiger partial charge on any atom is -0.398 e. The number of hydrogen-bond donors (Lipinski definition) is 3. The number of benzene rings is 1. The molecule has 1 aromatic rings. The normalized spacial score (nSPS) is 13.5. The van der Waals surface area contributed by atoms with Crippen LogP contribution >= 0.6 is 0 Å². The molecule has 1 atom stereocenters. The van der Waals surface area contributed by atoms with Gasteiger partial charge in [-0.15, -0.1) is 0 Å². The average molecular weight is 286 g/mol. The molecule has 0 heterocycles. The van der Waals surface area contributed by atoms with E-state index in [0.29, 0.717) is 24.1 Å². The van der Waals surface area contributed by atoms with Gasteiger partial charge in [-0.25, -0.2) is 13.1 Å². The largest absolute Gasteiger partial charge is 0.398 e. The van der Waals surface area contributed by atoms with Gasteiger partial charge in [0.25, 0.3) is 0 Å². The smallest absolute Gasteiger partial charge is 0.241 e. The van der Waals surface area contributed by atoms with Crippen LogP contribution in [0.3, 0.4) is 0 Å². The summed E-state index contributed by atoms with van der Waals surface area (Å²) in [6.45, 7) is 5.33. The highest BCUT2D eigenvalue weighted by Gasteiger charge is 2.21. The minimum absolute atomic E-state index is 0.0457. The number of nitrogens with one attached hydrogen (secondary N) is 1. The van der Waals surface area contributed by atoms with Crippen LogP contribution in [0.2, 0.25) is 0 Å². The van der Waals surface area contributed by atoms with Crippen molar-refractivity contribution in [2.75, 3.05) is 12.3 Å². The second kappa shape index (κ2) is 6.36. The van der Waals surface area contributed by atoms with Crippen molar-refractivity contribution in [1.82, 2.24) is 4.72 Å². The lowest BCUT2D eigenvalue weighted by Crippen LogP contribution is -2.35. The third-order valence-electron chi connectivity index (χ3n) is 3.13. The van der Waals surface area contributed by atoms with Crippen molar-refractivity contribution < 1.29 is 13.5 Å². The Morgan fingerprint density at radius 1 is 1.37 bits per heavy atom. The third kappa shape index (κ3) is 3.92. The van der Waals surface area contributed by atoms with Crippen molar-refractivity contribution in [3.8, 4) is 0 Å². The predicted octanol–water partition coefficient (Wildman–Crippen LogP) is 1.32. The molecule has 0 fully saturated rings. The van der Waals surface area contributed by atoms with Crippen LogP contribution in [0.15, 0.2) is 17.0 Å². The van der Waals surface area contributed by atoms with Crippen LogP contribution in [0.1, 0.15) is 30.9 Å². The molecule has 4 N–H and O–H groups in total. The Morgan fingerprint density at radius 3 is 2.53 bits per heavy atom. The number of hydrogen-bond acceptors (Lipinski definition) is 4. The molecule has 5 nitrogen and oxygen atoms in total. The molecule has 0 aliphatic rings. The van der Waals surface area contributed by atoms with E-state index in [1.165, 1.54) is 0 Å². The molecule has 0 aliphatic carbocycles. The standard InChI is InChI=1S/C13H22N2O3S/c1-4-11(5-6-16)15-19(17,18)13-8-9(2)7-12(14)10(13)3/h7-8,11,15-16H,4-6,14H2,1-3H3. The lowest BCUT2D eigenvalue weighted by molar-refractivity contribution is 0.270. The number of aliphatic hydroxyl groups excluding tert-OH is 1. The molecular formula is C13H22N2O3S. The topological polar surface area (TPSA) is 92.4 Å². The fourth-order valence-electron chi connectivity index (χ4n) is 1.92. The van der Waals surface area contributed by atoms with Crippen LogP contribution in [0, 0.1) is 13.8 Å². The molecule has 19 heavy (non-hydrogen) atoms. The van der Waals surface area contributed by atoms with Crippen molar-refractivity contribution in [1.29, 1.82) is 0 Å². The quantitative estimate of drug-likeness (QED) is 0.688. The van der Waals surface area contributed by atoms with Crippen molar-refractivity contribution in [2.45, 2.75) is 44.6 Å². The predicted molar refractivity (Wildman–Crippen MR) is 76.4 cm³/mol. The molecular weight excluding hydrogens is 264 g/mol. The highest BCUT2D eigenvalue weighted by molar-refractivity contribution is 7.89. The molecule has 0 radical (unpaired) electrons. The molecule has 0 aliphatic heterocycles. The first-order valence-electron chi connectivity index (χ1n) is 6.31. The SMILES string of the molecule is CCC(CCO)NS(=O)(=O)c1cc(C)cc(N)c1C. The van der Waals surface area contributed by atoms with Crippen LogP contribution in [0.25, 0.3) is 0 Å². The molecule has 0 spiro atoms. The van der Waals surface area contributed by atoms with Crippen LogP contribution in [-0.2, 0) is 10.0 Å². The number of anilines is 1. The van der Waals surface area contributed by atoms with E-state index in [9.17, 15) is 8.42 Å². The second-order valence-electron chi connectivity index (χ2n) is 4.72. The Morgan fingerprint density at radius 2 is 2.00 bits per heavy atom. The molecule has 6 heteroatoms. The Labute approximate surface area is 114 Å². The summed E-state index contributed by atoms with van der Waals surface area (Å²) in [5.74, 6) is 0. The van der Waals surface area contributed by atoms with Gasteiger partial charge in [-0.1, -0.05) is 6.92 Å². The number of aliphatic hydroxyl groups is 1. The number of aryl methyl sites for hydroxylation is 1. The summed E-state index contributed by atoms with van der Waals surface area (Å²) >= 11 is 0. The minimum atomic E-state index is -3.61. The van der Waals surface area contributed by atoms with Gasteiger partial charge in [0.05, 0.1) is 4.90 Å². The second-order valence-corrected chi connectivity index (χ2v) is 6.40. The number of nitrogens with two attached hydrogens (primary N) is 1. The first-order chi connectivity index (χ1) is 8.81. The van der Waals surface area contributed by atoms with Gasteiger partial charge < -0.3 is 10.8 Å². The maximum atomic E-state index is 12.4. The fourth-order valence-corrected chi connectivity index (χ4v) is 3.63. The Hall–Kier alpha value is -1.11. The third-order valence-corrected chi connectivity index (χ3v) is 4.77. The van der Waals surface area contributed by atoms with E-state index >= 15 is 0 Å². The van der Waals surface area contributed by atoms with E-state index in [1.54, 1.807) is 26.0 Å². The fraction of sp³-hybridized carbons (Fsp3) is 0.538. The van der Waals surface area contributed by atoms with Gasteiger partial charge in [0, 0.05) is 18.3 Å². The number of nitrogen functional groups attached to an aromatic ring is 1. The van der Waals surface area contributed by atoms with Crippen LogP contribution in [0.5, 0.6) is 0 Å². The van der Waals surface area contributed by atoms with E-state index in [-0.39, 0.29) is 17.5 Å². The zero-order valence-corrected chi connectivity index (χ0v) is 12.4. The van der Waals surface area contributed by atoms with Crippen LogP contribution in [-0.4, -0.2) is 26.2 Å². The average Bonchev–Trinajstić information content (AvgIpc) is 2.32. The Bertz CT molecular complexity index is 541. The van der Waals surface area contributed by atoms with Crippen LogP contribution in [0.4, 0.5) is 5.69 Å². The van der Waals surface area contributed by atoms with E-state index in [4.69, 9.17) is 10.8 Å². The van der Waals surface area contributed by atoms with Crippen molar-refractivity contribution in [3.05, 3.63) is 23.3 Å². The summed E-state index contributed by atoms with van der Waals surface area (Å²) < 4.78 is 27.3. The Balaban J connectivity index is 3.13. The summed E-state index contributed by atoms with van der Waals surface area (Å²) in [5.41, 5.74) is 7.63. The summed E-state index contributed by atoms with van der Waals surface area (Å²) in [7, 11) is -3.61. The molecule has 0 amide bonds. The van der Waals surface area contributed by atoms with E-state index in [2.05, 4.69) is 4.72 Å². The highest BCUT2D eigenvalue weighted by atomic mass is 32.2. The number of sulfonamides is 1. The van der Waals surface area contributed by atoms with Gasteiger partial charge in [-0.2, -0.15) is 0 Å². The van der Waals surface area contributed by atoms with Gasteiger partial charge in [-0.3, -0.25) is 0 Å². The molecule has 0 aromatic heterocycles. The molecule has 0 saturated carbocycles. The first kappa shape index (κ1) is 15.9. The van der Waals surface area contributed by atoms with E-state index < -0.39 is 10.0 Å². The lowest BCUT2D eigenvalue weighted by atomic mass is 10.1. The van der Waals surface area contributed by atoms with E-state index in [1.807, 2.05) is 6.92 Å². The summed E-state index contributed by atoms with van der Waals surface area (Å²) in [6.07, 6.45) is 1.02. The molecule has 0 saturated heterocycles. The summed E-state index contributed by atoms with van der Waals surface area (Å²) in [5, 5.41) is 8.92. The molecule has 1 unspecified atom stereocenters. The summed E-state index contributed by atoms with van der Waals surface area (Å²) in [4.78, 5) is 0.210. The van der Waals surface area contributed by atoms with E-state index in [0.717, 1.165) is 5.56 Å². The van der Waals surface area contributed by atoms with Crippen molar-refractivity contribution >= 4 is 15.7 Å². The Kier molecular flexibility index (Phi) is 5.34. The van der Waals surface area contributed by atoms with Gasteiger partial charge in [0.2, 0.25) is 10.0 Å². The molecule has 1 rings (SSSR count). The monoisotopic (exact) mass is 286 g/mol. The van der Waals surface area contributed by atoms with Crippen molar-refractivity contribution in [2.24, 2.45) is 0 Å². The zero-order valence-electron chi connectivity index (χ0n) is 11.6. The van der Waals surface area contributed by atoms with Gasteiger partial charge in [-0.05, 0) is 49.9 Å². The lowest BCUT2D eigenvalue weighted by Gasteiger charge is -2.18. The maximum absolute atomic E-state index is 12.4. The van der Waals surface area contributed by atoms with Gasteiger partial charge in [0.1, 0.15) is 0 Å². The molecule has 0 bridgehead atoms. The van der Waals surface area contributed by atoms with Crippen LogP contribution < -0.4 is 10.5 Å². The highest BCUT2D eigenvalue weighted by Crippen LogP contribution is 2.23. The van der Waals surface area contributed by atoms with Gasteiger partial charge in [0.15, 0.2) is 0 Å². The molecule has 1 aromatic carbocycles.